The van der Waals surface area contributed by atoms with Gasteiger partial charge in [0.1, 0.15) is 0 Å². The van der Waals surface area contributed by atoms with Gasteiger partial charge < -0.3 is 25.3 Å². The van der Waals surface area contributed by atoms with Crippen LogP contribution in [0.1, 0.15) is 19.3 Å². The molecule has 0 spiro atoms. The Morgan fingerprint density at radius 3 is 2.50 bits per heavy atom. The standard InChI is InChI=1S/C12H26N2O4/c1-16-7-3-5-11(13)12(15)14-6-4-8-18-10-9-17-2/h11H,3-10,13H2,1-2H3,(H,14,15). The molecule has 1 atom stereocenters. The molecule has 6 nitrogen and oxygen atoms in total. The fourth-order valence-electron chi connectivity index (χ4n) is 1.34. The second kappa shape index (κ2) is 12.8. The summed E-state index contributed by atoms with van der Waals surface area (Å²) in [5.74, 6) is -0.108. The predicted molar refractivity (Wildman–Crippen MR) is 69.4 cm³/mol. The Hall–Kier alpha value is -0.690. The van der Waals surface area contributed by atoms with Crippen molar-refractivity contribution in [2.45, 2.75) is 25.3 Å². The van der Waals surface area contributed by atoms with E-state index in [1.807, 2.05) is 0 Å². The Balaban J connectivity index is 3.35. The van der Waals surface area contributed by atoms with Gasteiger partial charge in [-0.3, -0.25) is 4.79 Å². The number of hydrogen-bond acceptors (Lipinski definition) is 5. The predicted octanol–water partition coefficient (Wildman–Crippen LogP) is -0.0904. The number of carbonyl (C=O) groups excluding carboxylic acids is 1. The lowest BCUT2D eigenvalue weighted by Crippen LogP contribution is -2.41. The average molecular weight is 262 g/mol. The van der Waals surface area contributed by atoms with Crippen molar-refractivity contribution in [1.82, 2.24) is 5.32 Å². The molecule has 0 heterocycles. The Morgan fingerprint density at radius 2 is 1.83 bits per heavy atom. The van der Waals surface area contributed by atoms with Gasteiger partial charge in [0.2, 0.25) is 5.91 Å². The smallest absolute Gasteiger partial charge is 0.236 e. The Bertz CT molecular complexity index is 203. The molecule has 1 amide bonds. The molecule has 1 unspecified atom stereocenters. The zero-order valence-electron chi connectivity index (χ0n) is 11.4. The lowest BCUT2D eigenvalue weighted by Gasteiger charge is -2.11. The molecule has 0 saturated carbocycles. The average Bonchev–Trinajstić information content (AvgIpc) is 2.37. The van der Waals surface area contributed by atoms with Gasteiger partial charge >= 0.3 is 0 Å². The number of ether oxygens (including phenoxy) is 3. The lowest BCUT2D eigenvalue weighted by atomic mass is 10.1. The highest BCUT2D eigenvalue weighted by molar-refractivity contribution is 5.81. The second-order valence-corrected chi connectivity index (χ2v) is 3.99. The molecule has 0 fully saturated rings. The maximum atomic E-state index is 11.5. The van der Waals surface area contributed by atoms with Gasteiger partial charge in [0.15, 0.2) is 0 Å². The molecule has 108 valence electrons. The number of rotatable bonds is 12. The minimum atomic E-state index is -0.449. The summed E-state index contributed by atoms with van der Waals surface area (Å²) < 4.78 is 15.0. The molecular formula is C12H26N2O4. The number of nitrogens with one attached hydrogen (secondary N) is 1. The summed E-state index contributed by atoms with van der Waals surface area (Å²) in [6.45, 7) is 3.01. The summed E-state index contributed by atoms with van der Waals surface area (Å²) in [7, 11) is 3.27. The molecule has 0 saturated heterocycles. The summed E-state index contributed by atoms with van der Waals surface area (Å²) in [6.07, 6.45) is 2.22. The molecule has 0 rings (SSSR count). The molecule has 3 N–H and O–H groups in total. The van der Waals surface area contributed by atoms with E-state index in [-0.39, 0.29) is 5.91 Å². The first-order chi connectivity index (χ1) is 8.72. The van der Waals surface area contributed by atoms with Gasteiger partial charge in [-0.25, -0.2) is 0 Å². The Kier molecular flexibility index (Phi) is 12.3. The summed E-state index contributed by atoms with van der Waals surface area (Å²) in [5, 5.41) is 2.78. The van der Waals surface area contributed by atoms with Crippen molar-refractivity contribution in [3.8, 4) is 0 Å². The van der Waals surface area contributed by atoms with Gasteiger partial charge in [0.05, 0.1) is 19.3 Å². The number of hydrogen-bond donors (Lipinski definition) is 2. The Morgan fingerprint density at radius 1 is 1.11 bits per heavy atom. The number of amides is 1. The van der Waals surface area contributed by atoms with Crippen LogP contribution in [0.15, 0.2) is 0 Å². The van der Waals surface area contributed by atoms with Gasteiger partial charge in [-0.05, 0) is 19.3 Å². The van der Waals surface area contributed by atoms with Crippen LogP contribution in [0.5, 0.6) is 0 Å². The first kappa shape index (κ1) is 17.3. The molecule has 0 aliphatic carbocycles. The van der Waals surface area contributed by atoms with Gasteiger partial charge in [0.25, 0.3) is 0 Å². The summed E-state index contributed by atoms with van der Waals surface area (Å²) in [5.41, 5.74) is 5.72. The van der Waals surface area contributed by atoms with Crippen LogP contribution >= 0.6 is 0 Å². The molecule has 0 aliphatic rings. The molecule has 18 heavy (non-hydrogen) atoms. The topological polar surface area (TPSA) is 82.8 Å². The number of carbonyl (C=O) groups is 1. The van der Waals surface area contributed by atoms with Gasteiger partial charge in [-0.1, -0.05) is 0 Å². The third-order valence-electron chi connectivity index (χ3n) is 2.40. The molecule has 0 aliphatic heterocycles. The van der Waals surface area contributed by atoms with Gasteiger partial charge in [-0.15, -0.1) is 0 Å². The van der Waals surface area contributed by atoms with Crippen LogP contribution in [0.2, 0.25) is 0 Å². The number of methoxy groups -OCH3 is 2. The van der Waals surface area contributed by atoms with Crippen molar-refractivity contribution in [2.24, 2.45) is 5.73 Å². The SMILES string of the molecule is COCCCC(N)C(=O)NCCCOCCOC. The highest BCUT2D eigenvalue weighted by Gasteiger charge is 2.11. The molecule has 0 bridgehead atoms. The largest absolute Gasteiger partial charge is 0.385 e. The van der Waals surface area contributed by atoms with E-state index < -0.39 is 6.04 Å². The van der Waals surface area contributed by atoms with Crippen LogP contribution in [0.4, 0.5) is 0 Å². The normalized spacial score (nSPS) is 12.4. The van der Waals surface area contributed by atoms with Gasteiger partial charge in [0, 0.05) is 34.0 Å². The first-order valence-corrected chi connectivity index (χ1v) is 6.31. The zero-order valence-corrected chi connectivity index (χ0v) is 11.4. The van der Waals surface area contributed by atoms with Crippen LogP contribution in [0.3, 0.4) is 0 Å². The molecule has 0 aromatic carbocycles. The zero-order chi connectivity index (χ0) is 13.6. The third-order valence-corrected chi connectivity index (χ3v) is 2.40. The minimum Gasteiger partial charge on any atom is -0.385 e. The third kappa shape index (κ3) is 10.5. The van der Waals surface area contributed by atoms with E-state index in [0.29, 0.717) is 39.4 Å². The van der Waals surface area contributed by atoms with Crippen LogP contribution in [0.25, 0.3) is 0 Å². The maximum Gasteiger partial charge on any atom is 0.236 e. The van der Waals surface area contributed by atoms with Crippen LogP contribution in [-0.2, 0) is 19.0 Å². The molecule has 0 radical (unpaired) electrons. The fraction of sp³-hybridized carbons (Fsp3) is 0.917. The van der Waals surface area contributed by atoms with Crippen molar-refractivity contribution in [3.63, 3.8) is 0 Å². The van der Waals surface area contributed by atoms with E-state index in [2.05, 4.69) is 5.32 Å². The molecule has 6 heteroatoms. The lowest BCUT2D eigenvalue weighted by molar-refractivity contribution is -0.122. The summed E-state index contributed by atoms with van der Waals surface area (Å²) >= 11 is 0. The molecule has 0 aromatic rings. The monoisotopic (exact) mass is 262 g/mol. The van der Waals surface area contributed by atoms with Crippen molar-refractivity contribution in [3.05, 3.63) is 0 Å². The quantitative estimate of drug-likeness (QED) is 0.480. The Labute approximate surface area is 109 Å². The fourth-order valence-corrected chi connectivity index (χ4v) is 1.34. The van der Waals surface area contributed by atoms with E-state index in [0.717, 1.165) is 12.8 Å². The van der Waals surface area contributed by atoms with E-state index >= 15 is 0 Å². The first-order valence-electron chi connectivity index (χ1n) is 6.31. The second-order valence-electron chi connectivity index (χ2n) is 3.99. The van der Waals surface area contributed by atoms with Crippen LogP contribution in [-0.4, -0.2) is 59.1 Å². The van der Waals surface area contributed by atoms with Crippen molar-refractivity contribution in [1.29, 1.82) is 0 Å². The summed E-state index contributed by atoms with van der Waals surface area (Å²) in [6, 6.07) is -0.449. The van der Waals surface area contributed by atoms with E-state index in [1.165, 1.54) is 0 Å². The highest BCUT2D eigenvalue weighted by Crippen LogP contribution is 1.95. The van der Waals surface area contributed by atoms with E-state index in [4.69, 9.17) is 19.9 Å². The van der Waals surface area contributed by atoms with Crippen molar-refractivity contribution >= 4 is 5.91 Å². The molecular weight excluding hydrogens is 236 g/mol. The minimum absolute atomic E-state index is 0.108. The summed E-state index contributed by atoms with van der Waals surface area (Å²) in [4.78, 5) is 11.5. The van der Waals surface area contributed by atoms with E-state index in [1.54, 1.807) is 14.2 Å². The van der Waals surface area contributed by atoms with Crippen LogP contribution in [0, 0.1) is 0 Å². The number of nitrogens with two attached hydrogens (primary N) is 1. The highest BCUT2D eigenvalue weighted by atomic mass is 16.5. The van der Waals surface area contributed by atoms with Crippen LogP contribution < -0.4 is 11.1 Å². The van der Waals surface area contributed by atoms with Crippen molar-refractivity contribution < 1.29 is 19.0 Å². The van der Waals surface area contributed by atoms with Gasteiger partial charge in [-0.2, -0.15) is 0 Å². The molecule has 0 aromatic heterocycles. The van der Waals surface area contributed by atoms with E-state index in [9.17, 15) is 4.79 Å². The maximum absolute atomic E-state index is 11.5. The van der Waals surface area contributed by atoms with Crippen molar-refractivity contribution in [2.75, 3.05) is 47.2 Å².